The number of rotatable bonds is 7. The second kappa shape index (κ2) is 9.55. The van der Waals surface area contributed by atoms with E-state index in [9.17, 15) is 4.79 Å². The molecule has 2 fully saturated rings. The largest absolute Gasteiger partial charge is 0.426 e. The summed E-state index contributed by atoms with van der Waals surface area (Å²) in [6.07, 6.45) is 10.4. The van der Waals surface area contributed by atoms with Gasteiger partial charge in [-0.2, -0.15) is 0 Å². The Balaban J connectivity index is 1.48. The minimum Gasteiger partial charge on any atom is -0.426 e. The number of carbonyl (C=O) groups is 1. The van der Waals surface area contributed by atoms with Crippen LogP contribution in [0.5, 0.6) is 5.75 Å². The molecule has 0 N–H and O–H groups in total. The molecule has 3 heteroatoms. The molecule has 144 valence electrons. The first-order chi connectivity index (χ1) is 12.7. The standard InChI is InChI=1S/C23H34O3/c1-3-5-17-6-11-21(12-7-17)26-23(24)20-9-8-19-16-22(25-14-4-2)13-10-18(19)15-20/h6-7,11-12,18-20,22H,3-5,8-10,13-16H2,1-2H3/t18?,19-,20-,22?/m1/s1. The van der Waals surface area contributed by atoms with Crippen molar-refractivity contribution in [2.75, 3.05) is 6.61 Å². The van der Waals surface area contributed by atoms with Gasteiger partial charge in [-0.25, -0.2) is 0 Å². The van der Waals surface area contributed by atoms with Gasteiger partial charge in [0, 0.05) is 6.61 Å². The molecule has 0 aliphatic heterocycles. The predicted octanol–water partition coefficient (Wildman–Crippen LogP) is 5.56. The van der Waals surface area contributed by atoms with Crippen molar-refractivity contribution in [1.82, 2.24) is 0 Å². The van der Waals surface area contributed by atoms with Crippen LogP contribution in [0.3, 0.4) is 0 Å². The normalized spacial score (nSPS) is 28.4. The molecule has 0 aromatic heterocycles. The molecule has 4 atom stereocenters. The van der Waals surface area contributed by atoms with Crippen molar-refractivity contribution >= 4 is 5.97 Å². The van der Waals surface area contributed by atoms with Gasteiger partial charge in [-0.05, 0) is 80.9 Å². The van der Waals surface area contributed by atoms with Crippen molar-refractivity contribution in [2.24, 2.45) is 17.8 Å². The first-order valence-corrected chi connectivity index (χ1v) is 10.6. The van der Waals surface area contributed by atoms with Gasteiger partial charge in [0.25, 0.3) is 0 Å². The first kappa shape index (κ1) is 19.4. The van der Waals surface area contributed by atoms with Crippen molar-refractivity contribution in [1.29, 1.82) is 0 Å². The minimum atomic E-state index is -0.0314. The van der Waals surface area contributed by atoms with Gasteiger partial charge < -0.3 is 9.47 Å². The van der Waals surface area contributed by atoms with Crippen LogP contribution in [0.15, 0.2) is 24.3 Å². The zero-order valence-electron chi connectivity index (χ0n) is 16.4. The van der Waals surface area contributed by atoms with E-state index in [4.69, 9.17) is 9.47 Å². The molecule has 0 amide bonds. The Hall–Kier alpha value is -1.35. The fourth-order valence-corrected chi connectivity index (χ4v) is 4.71. The molecule has 2 unspecified atom stereocenters. The van der Waals surface area contributed by atoms with Crippen LogP contribution in [0, 0.1) is 17.8 Å². The maximum atomic E-state index is 12.6. The zero-order chi connectivity index (χ0) is 18.4. The third-order valence-corrected chi connectivity index (χ3v) is 6.14. The lowest BCUT2D eigenvalue weighted by Gasteiger charge is -2.41. The Morgan fingerprint density at radius 2 is 1.69 bits per heavy atom. The number of fused-ring (bicyclic) bond motifs is 1. The average Bonchev–Trinajstić information content (AvgIpc) is 2.67. The van der Waals surface area contributed by atoms with Crippen LogP contribution < -0.4 is 4.74 Å². The number of ether oxygens (including phenoxy) is 2. The third kappa shape index (κ3) is 5.09. The highest BCUT2D eigenvalue weighted by Gasteiger charge is 2.38. The van der Waals surface area contributed by atoms with E-state index < -0.39 is 0 Å². The van der Waals surface area contributed by atoms with Gasteiger partial charge in [0.1, 0.15) is 5.75 Å². The van der Waals surface area contributed by atoms with Crippen LogP contribution in [-0.2, 0) is 16.0 Å². The summed E-state index contributed by atoms with van der Waals surface area (Å²) in [4.78, 5) is 12.6. The van der Waals surface area contributed by atoms with Crippen LogP contribution in [0.25, 0.3) is 0 Å². The molecule has 1 aromatic carbocycles. The average molecular weight is 359 g/mol. The van der Waals surface area contributed by atoms with Crippen LogP contribution in [0.4, 0.5) is 0 Å². The molecule has 0 spiro atoms. The molecule has 1 aromatic rings. The third-order valence-electron chi connectivity index (χ3n) is 6.14. The van der Waals surface area contributed by atoms with Gasteiger partial charge in [0.15, 0.2) is 0 Å². The summed E-state index contributed by atoms with van der Waals surface area (Å²) in [7, 11) is 0. The summed E-state index contributed by atoms with van der Waals surface area (Å²) in [5.74, 6) is 2.14. The Bertz CT molecular complexity index is 565. The molecule has 2 saturated carbocycles. The molecule has 26 heavy (non-hydrogen) atoms. The number of benzene rings is 1. The lowest BCUT2D eigenvalue weighted by atomic mass is 9.67. The van der Waals surface area contributed by atoms with E-state index in [1.165, 1.54) is 18.4 Å². The van der Waals surface area contributed by atoms with Gasteiger partial charge in [-0.15, -0.1) is 0 Å². The number of hydrogen-bond acceptors (Lipinski definition) is 3. The van der Waals surface area contributed by atoms with Crippen LogP contribution >= 0.6 is 0 Å². The SMILES string of the molecule is CCCOC1CCC2C[C@H](C(=O)Oc3ccc(CCC)cc3)CC[C@@H]2C1. The van der Waals surface area contributed by atoms with Crippen molar-refractivity contribution in [3.8, 4) is 5.75 Å². The van der Waals surface area contributed by atoms with E-state index in [0.29, 0.717) is 17.8 Å². The zero-order valence-corrected chi connectivity index (χ0v) is 16.4. The lowest BCUT2D eigenvalue weighted by Crippen LogP contribution is -2.37. The van der Waals surface area contributed by atoms with E-state index >= 15 is 0 Å². The van der Waals surface area contributed by atoms with Crippen molar-refractivity contribution in [3.05, 3.63) is 29.8 Å². The molecular weight excluding hydrogens is 324 g/mol. The summed E-state index contributed by atoms with van der Waals surface area (Å²) >= 11 is 0. The fraction of sp³-hybridized carbons (Fsp3) is 0.696. The highest BCUT2D eigenvalue weighted by molar-refractivity contribution is 5.75. The highest BCUT2D eigenvalue weighted by Crippen LogP contribution is 2.43. The van der Waals surface area contributed by atoms with Crippen LogP contribution in [0.1, 0.15) is 70.8 Å². The number of aryl methyl sites for hydroxylation is 1. The summed E-state index contributed by atoms with van der Waals surface area (Å²) in [6.45, 7) is 5.22. The Labute approximate surface area is 158 Å². The van der Waals surface area contributed by atoms with E-state index in [2.05, 4.69) is 26.0 Å². The predicted molar refractivity (Wildman–Crippen MR) is 104 cm³/mol. The molecule has 2 aliphatic rings. The summed E-state index contributed by atoms with van der Waals surface area (Å²) in [5.41, 5.74) is 1.30. The van der Waals surface area contributed by atoms with Gasteiger partial charge in [-0.3, -0.25) is 4.79 Å². The second-order valence-electron chi connectivity index (χ2n) is 8.15. The molecule has 0 radical (unpaired) electrons. The van der Waals surface area contributed by atoms with E-state index in [-0.39, 0.29) is 11.9 Å². The summed E-state index contributed by atoms with van der Waals surface area (Å²) in [5, 5.41) is 0. The molecular formula is C23H34O3. The quantitative estimate of drug-likeness (QED) is 0.473. The topological polar surface area (TPSA) is 35.5 Å². The highest BCUT2D eigenvalue weighted by atomic mass is 16.5. The molecule has 0 bridgehead atoms. The van der Waals surface area contributed by atoms with Crippen LogP contribution in [-0.4, -0.2) is 18.7 Å². The van der Waals surface area contributed by atoms with Gasteiger partial charge in [-0.1, -0.05) is 32.4 Å². The second-order valence-corrected chi connectivity index (χ2v) is 8.15. The van der Waals surface area contributed by atoms with Gasteiger partial charge in [0.05, 0.1) is 12.0 Å². The molecule has 0 saturated heterocycles. The molecule has 3 rings (SSSR count). The summed E-state index contributed by atoms with van der Waals surface area (Å²) < 4.78 is 11.6. The first-order valence-electron chi connectivity index (χ1n) is 10.6. The van der Waals surface area contributed by atoms with E-state index in [0.717, 1.165) is 57.5 Å². The monoisotopic (exact) mass is 358 g/mol. The van der Waals surface area contributed by atoms with Gasteiger partial charge >= 0.3 is 5.97 Å². The Morgan fingerprint density at radius 3 is 2.42 bits per heavy atom. The molecule has 2 aliphatic carbocycles. The van der Waals surface area contributed by atoms with Crippen molar-refractivity contribution < 1.29 is 14.3 Å². The van der Waals surface area contributed by atoms with E-state index in [1.807, 2.05) is 12.1 Å². The van der Waals surface area contributed by atoms with Crippen LogP contribution in [0.2, 0.25) is 0 Å². The molecule has 3 nitrogen and oxygen atoms in total. The van der Waals surface area contributed by atoms with E-state index in [1.54, 1.807) is 0 Å². The maximum absolute atomic E-state index is 12.6. The van der Waals surface area contributed by atoms with Crippen molar-refractivity contribution in [3.63, 3.8) is 0 Å². The summed E-state index contributed by atoms with van der Waals surface area (Å²) in [6, 6.07) is 8.01. The number of hydrogen-bond donors (Lipinski definition) is 0. The molecule has 0 heterocycles. The minimum absolute atomic E-state index is 0.0314. The number of carbonyl (C=O) groups excluding carboxylic acids is 1. The Morgan fingerprint density at radius 1 is 0.962 bits per heavy atom. The lowest BCUT2D eigenvalue weighted by molar-refractivity contribution is -0.141. The van der Waals surface area contributed by atoms with Crippen molar-refractivity contribution in [2.45, 2.75) is 77.7 Å². The number of esters is 1. The fourth-order valence-electron chi connectivity index (χ4n) is 4.71. The smallest absolute Gasteiger partial charge is 0.314 e. The van der Waals surface area contributed by atoms with Gasteiger partial charge in [0.2, 0.25) is 0 Å². The Kier molecular flexibility index (Phi) is 7.13. The maximum Gasteiger partial charge on any atom is 0.314 e.